The van der Waals surface area contributed by atoms with Gasteiger partial charge in [0.2, 0.25) is 0 Å². The Morgan fingerprint density at radius 3 is 2.74 bits per heavy atom. The molecule has 0 bridgehead atoms. The van der Waals surface area contributed by atoms with Gasteiger partial charge in [-0.1, -0.05) is 38.8 Å². The van der Waals surface area contributed by atoms with Gasteiger partial charge in [-0.25, -0.2) is 0 Å². The Morgan fingerprint density at radius 2 is 2.05 bits per heavy atom. The van der Waals surface area contributed by atoms with Gasteiger partial charge in [-0.3, -0.25) is 0 Å². The number of ether oxygens (including phenoxy) is 1. The molecule has 0 aliphatic carbocycles. The molecule has 0 saturated heterocycles. The van der Waals surface area contributed by atoms with Crippen LogP contribution < -0.4 is 10.1 Å². The van der Waals surface area contributed by atoms with Crippen LogP contribution in [-0.4, -0.2) is 24.9 Å². The number of fused-ring (bicyclic) bond motifs is 1. The van der Waals surface area contributed by atoms with Crippen LogP contribution in [0.2, 0.25) is 0 Å². The van der Waals surface area contributed by atoms with Gasteiger partial charge in [-0.05, 0) is 31.5 Å². The van der Waals surface area contributed by atoms with E-state index in [1.807, 2.05) is 11.8 Å². The fraction of sp³-hybridized carbons (Fsp3) is 0.625. The molecular weight excluding hydrogens is 254 g/mol. The Bertz CT molecular complexity index is 392. The average molecular weight is 279 g/mol. The van der Waals surface area contributed by atoms with Crippen LogP contribution in [0.5, 0.6) is 5.75 Å². The molecule has 1 aromatic rings. The maximum absolute atomic E-state index is 6.19. The molecule has 1 aliphatic heterocycles. The van der Waals surface area contributed by atoms with E-state index in [9.17, 15) is 0 Å². The molecule has 0 saturated carbocycles. The first-order chi connectivity index (χ1) is 9.28. The topological polar surface area (TPSA) is 21.3 Å². The summed E-state index contributed by atoms with van der Waals surface area (Å²) in [7, 11) is 2.06. The summed E-state index contributed by atoms with van der Waals surface area (Å²) in [5.41, 5.74) is 0. The second kappa shape index (κ2) is 7.20. The maximum Gasteiger partial charge on any atom is 0.133 e. The quantitative estimate of drug-likeness (QED) is 0.852. The highest BCUT2D eigenvalue weighted by atomic mass is 32.2. The number of hydrogen-bond donors (Lipinski definition) is 1. The standard InChI is InChI=1S/C16H25NOS/c1-4-12(5-2)10-13(17-3)15-11-19-16-9-7-6-8-14(16)18-15/h6-9,12-13,15,17H,4-5,10-11H2,1-3H3. The Morgan fingerprint density at radius 1 is 1.32 bits per heavy atom. The van der Waals surface area contributed by atoms with Gasteiger partial charge in [0.05, 0.1) is 0 Å². The van der Waals surface area contributed by atoms with Crippen LogP contribution in [0.4, 0.5) is 0 Å². The number of benzene rings is 1. The number of nitrogens with one attached hydrogen (secondary N) is 1. The van der Waals surface area contributed by atoms with Crippen molar-refractivity contribution < 1.29 is 4.74 Å². The van der Waals surface area contributed by atoms with Gasteiger partial charge in [-0.2, -0.15) is 0 Å². The Labute approximate surface area is 121 Å². The first-order valence-corrected chi connectivity index (χ1v) is 8.32. The number of thioether (sulfide) groups is 1. The second-order valence-corrected chi connectivity index (χ2v) is 6.29. The molecule has 0 amide bonds. The summed E-state index contributed by atoms with van der Waals surface area (Å²) < 4.78 is 6.19. The van der Waals surface area contributed by atoms with Crippen LogP contribution in [-0.2, 0) is 0 Å². The molecule has 0 radical (unpaired) electrons. The van der Waals surface area contributed by atoms with Crippen molar-refractivity contribution in [3.8, 4) is 5.75 Å². The van der Waals surface area contributed by atoms with E-state index < -0.39 is 0 Å². The molecule has 2 nitrogen and oxygen atoms in total. The van der Waals surface area contributed by atoms with E-state index in [4.69, 9.17) is 4.74 Å². The highest BCUT2D eigenvalue weighted by molar-refractivity contribution is 7.99. The summed E-state index contributed by atoms with van der Waals surface area (Å²) in [5, 5.41) is 3.46. The van der Waals surface area contributed by atoms with Crippen molar-refractivity contribution in [2.75, 3.05) is 12.8 Å². The summed E-state index contributed by atoms with van der Waals surface area (Å²) in [5.74, 6) is 2.89. The fourth-order valence-corrected chi connectivity index (χ4v) is 3.75. The molecule has 1 heterocycles. The lowest BCUT2D eigenvalue weighted by molar-refractivity contribution is 0.152. The smallest absolute Gasteiger partial charge is 0.133 e. The number of hydrogen-bond acceptors (Lipinski definition) is 3. The number of rotatable bonds is 6. The lowest BCUT2D eigenvalue weighted by Gasteiger charge is -2.33. The number of likely N-dealkylation sites (N-methyl/N-ethyl adjacent to an activating group) is 1. The molecule has 106 valence electrons. The van der Waals surface area contributed by atoms with Gasteiger partial charge in [-0.15, -0.1) is 11.8 Å². The minimum Gasteiger partial charge on any atom is -0.487 e. The molecular formula is C16H25NOS. The van der Waals surface area contributed by atoms with Crippen molar-refractivity contribution in [2.24, 2.45) is 5.92 Å². The van der Waals surface area contributed by atoms with Crippen LogP contribution in [0, 0.1) is 5.92 Å². The molecule has 2 rings (SSSR count). The molecule has 0 aromatic heterocycles. The van der Waals surface area contributed by atoms with Crippen LogP contribution in [0.15, 0.2) is 29.2 Å². The maximum atomic E-state index is 6.19. The van der Waals surface area contributed by atoms with Crippen LogP contribution in [0.25, 0.3) is 0 Å². The van der Waals surface area contributed by atoms with Crippen LogP contribution >= 0.6 is 11.8 Å². The monoisotopic (exact) mass is 279 g/mol. The van der Waals surface area contributed by atoms with Gasteiger partial charge in [0, 0.05) is 16.7 Å². The fourth-order valence-electron chi connectivity index (χ4n) is 2.67. The first kappa shape index (κ1) is 14.7. The van der Waals surface area contributed by atoms with Gasteiger partial charge in [0.25, 0.3) is 0 Å². The van der Waals surface area contributed by atoms with E-state index in [0.717, 1.165) is 17.4 Å². The molecule has 2 unspecified atom stereocenters. The van der Waals surface area contributed by atoms with Crippen LogP contribution in [0.3, 0.4) is 0 Å². The lowest BCUT2D eigenvalue weighted by atomic mass is 9.92. The highest BCUT2D eigenvalue weighted by Crippen LogP contribution is 2.36. The SMILES string of the molecule is CCC(CC)CC(NC)C1CSc2ccccc2O1. The molecule has 1 N–H and O–H groups in total. The van der Waals surface area contributed by atoms with E-state index in [2.05, 4.69) is 50.5 Å². The van der Waals surface area contributed by atoms with Gasteiger partial charge in [0.15, 0.2) is 0 Å². The summed E-state index contributed by atoms with van der Waals surface area (Å²) >= 11 is 1.92. The highest BCUT2D eigenvalue weighted by Gasteiger charge is 2.28. The normalized spacial score (nSPS) is 19.9. The summed E-state index contributed by atoms with van der Waals surface area (Å²) in [4.78, 5) is 1.27. The molecule has 1 aromatic carbocycles. The second-order valence-electron chi connectivity index (χ2n) is 5.23. The third-order valence-corrected chi connectivity index (χ3v) is 5.24. The Balaban J connectivity index is 2.01. The summed E-state index contributed by atoms with van der Waals surface area (Å²) in [6, 6.07) is 8.81. The van der Waals surface area contributed by atoms with Gasteiger partial charge in [0.1, 0.15) is 11.9 Å². The van der Waals surface area contributed by atoms with Crippen molar-refractivity contribution in [1.29, 1.82) is 0 Å². The third kappa shape index (κ3) is 3.67. The molecule has 0 spiro atoms. The predicted molar refractivity (Wildman–Crippen MR) is 83.1 cm³/mol. The largest absolute Gasteiger partial charge is 0.487 e. The number of para-hydroxylation sites is 1. The average Bonchev–Trinajstić information content (AvgIpc) is 2.48. The minimum absolute atomic E-state index is 0.283. The Hall–Kier alpha value is -0.670. The van der Waals surface area contributed by atoms with Crippen LogP contribution in [0.1, 0.15) is 33.1 Å². The van der Waals surface area contributed by atoms with E-state index in [1.165, 1.54) is 24.2 Å². The lowest BCUT2D eigenvalue weighted by Crippen LogP contribution is -2.45. The zero-order valence-electron chi connectivity index (χ0n) is 12.2. The van der Waals surface area contributed by atoms with E-state index in [0.29, 0.717) is 6.04 Å². The van der Waals surface area contributed by atoms with Crippen molar-refractivity contribution in [3.63, 3.8) is 0 Å². The van der Waals surface area contributed by atoms with Crippen molar-refractivity contribution in [2.45, 2.75) is 50.2 Å². The Kier molecular flexibility index (Phi) is 5.59. The zero-order valence-corrected chi connectivity index (χ0v) is 13.0. The van der Waals surface area contributed by atoms with Crippen molar-refractivity contribution in [1.82, 2.24) is 5.32 Å². The van der Waals surface area contributed by atoms with E-state index in [1.54, 1.807) is 0 Å². The molecule has 19 heavy (non-hydrogen) atoms. The van der Waals surface area contributed by atoms with Gasteiger partial charge >= 0.3 is 0 Å². The minimum atomic E-state index is 0.283. The summed E-state index contributed by atoms with van der Waals surface area (Å²) in [6.07, 6.45) is 4.00. The van der Waals surface area contributed by atoms with E-state index >= 15 is 0 Å². The molecule has 2 atom stereocenters. The molecule has 0 fully saturated rings. The predicted octanol–water partition coefficient (Wildman–Crippen LogP) is 3.95. The molecule has 1 aliphatic rings. The summed E-state index contributed by atoms with van der Waals surface area (Å²) in [6.45, 7) is 4.57. The first-order valence-electron chi connectivity index (χ1n) is 7.34. The third-order valence-electron chi connectivity index (χ3n) is 4.09. The van der Waals surface area contributed by atoms with Crippen molar-refractivity contribution in [3.05, 3.63) is 24.3 Å². The van der Waals surface area contributed by atoms with E-state index in [-0.39, 0.29) is 6.10 Å². The zero-order chi connectivity index (χ0) is 13.7. The van der Waals surface area contributed by atoms with Gasteiger partial charge < -0.3 is 10.1 Å². The molecule has 3 heteroatoms. The van der Waals surface area contributed by atoms with Crippen molar-refractivity contribution >= 4 is 11.8 Å².